The number of nitrogens with zero attached hydrogens (tertiary/aromatic N) is 4. The molecule has 0 fully saturated rings. The zero-order valence-corrected chi connectivity index (χ0v) is 13.6. The highest BCUT2D eigenvalue weighted by molar-refractivity contribution is 9.10. The molecule has 2 rings (SSSR count). The maximum atomic E-state index is 12.2. The largest absolute Gasteiger partial charge is 0.480 e. The van der Waals surface area contributed by atoms with Crippen LogP contribution >= 0.6 is 27.5 Å². The lowest BCUT2D eigenvalue weighted by Crippen LogP contribution is -2.24. The minimum absolute atomic E-state index is 0.108. The Morgan fingerprint density at radius 3 is 2.90 bits per heavy atom. The van der Waals surface area contributed by atoms with Gasteiger partial charge in [-0.3, -0.25) is 0 Å². The van der Waals surface area contributed by atoms with E-state index in [4.69, 9.17) is 22.8 Å². The molecule has 0 spiro atoms. The van der Waals surface area contributed by atoms with Gasteiger partial charge < -0.3 is 4.74 Å². The lowest BCUT2D eigenvalue weighted by atomic mass is 10.3. The smallest absolute Gasteiger partial charge is 0.368 e. The minimum atomic E-state index is -0.357. The van der Waals surface area contributed by atoms with E-state index in [1.54, 1.807) is 12.1 Å². The van der Waals surface area contributed by atoms with Gasteiger partial charge in [-0.15, -0.1) is 6.42 Å². The number of rotatable bonds is 5. The predicted molar refractivity (Wildman–Crippen MR) is 82.9 cm³/mol. The van der Waals surface area contributed by atoms with Crippen molar-refractivity contribution >= 4 is 27.5 Å². The van der Waals surface area contributed by atoms with Gasteiger partial charge in [0.05, 0.1) is 15.2 Å². The van der Waals surface area contributed by atoms with Crippen molar-refractivity contribution in [2.24, 2.45) is 0 Å². The second kappa shape index (κ2) is 6.78. The SMILES string of the molecule is C#CCOc1cc(-n2nnn(CCC)c2=O)c(Cl)cc1Br. The van der Waals surface area contributed by atoms with E-state index in [2.05, 4.69) is 32.3 Å². The van der Waals surface area contributed by atoms with Gasteiger partial charge in [0.15, 0.2) is 0 Å². The average Bonchev–Trinajstić information content (AvgIpc) is 2.80. The number of tetrazole rings is 1. The average molecular weight is 372 g/mol. The Labute approximate surface area is 134 Å². The quantitative estimate of drug-likeness (QED) is 0.757. The number of ether oxygens (including phenoxy) is 1. The van der Waals surface area contributed by atoms with E-state index in [0.717, 1.165) is 11.1 Å². The van der Waals surface area contributed by atoms with E-state index >= 15 is 0 Å². The molecule has 0 aliphatic carbocycles. The van der Waals surface area contributed by atoms with Crippen molar-refractivity contribution < 1.29 is 4.74 Å². The van der Waals surface area contributed by atoms with Crippen LogP contribution in [0.4, 0.5) is 0 Å². The van der Waals surface area contributed by atoms with Crippen LogP contribution in [-0.4, -0.2) is 26.4 Å². The number of halogens is 2. The number of aromatic nitrogens is 4. The summed E-state index contributed by atoms with van der Waals surface area (Å²) in [7, 11) is 0. The van der Waals surface area contributed by atoms with Crippen molar-refractivity contribution in [2.45, 2.75) is 19.9 Å². The Balaban J connectivity index is 2.49. The van der Waals surface area contributed by atoms with Crippen LogP contribution in [0.2, 0.25) is 5.02 Å². The van der Waals surface area contributed by atoms with Gasteiger partial charge in [-0.05, 0) is 38.8 Å². The van der Waals surface area contributed by atoms with Crippen LogP contribution in [-0.2, 0) is 6.54 Å². The van der Waals surface area contributed by atoms with Crippen molar-refractivity contribution in [1.29, 1.82) is 0 Å². The molecule has 21 heavy (non-hydrogen) atoms. The summed E-state index contributed by atoms with van der Waals surface area (Å²) in [4.78, 5) is 12.2. The zero-order valence-electron chi connectivity index (χ0n) is 11.2. The number of hydrogen-bond donors (Lipinski definition) is 0. The fourth-order valence-electron chi connectivity index (χ4n) is 1.69. The summed E-state index contributed by atoms with van der Waals surface area (Å²) in [5.74, 6) is 2.85. The van der Waals surface area contributed by atoms with Crippen molar-refractivity contribution in [3.63, 3.8) is 0 Å². The molecule has 0 unspecified atom stereocenters. The molecule has 6 nitrogen and oxygen atoms in total. The van der Waals surface area contributed by atoms with Gasteiger partial charge >= 0.3 is 5.69 Å². The van der Waals surface area contributed by atoms with Crippen LogP contribution in [0.15, 0.2) is 21.4 Å². The third-order valence-electron chi connectivity index (χ3n) is 2.62. The molecule has 110 valence electrons. The summed E-state index contributed by atoms with van der Waals surface area (Å²) < 4.78 is 8.43. The number of hydrogen-bond acceptors (Lipinski definition) is 4. The Kier molecular flexibility index (Phi) is 5.04. The van der Waals surface area contributed by atoms with E-state index in [-0.39, 0.29) is 12.3 Å². The molecule has 0 bridgehead atoms. The van der Waals surface area contributed by atoms with Gasteiger partial charge in [0.25, 0.3) is 0 Å². The molecular formula is C13H12BrClN4O2. The van der Waals surface area contributed by atoms with Crippen molar-refractivity contribution in [3.05, 3.63) is 32.1 Å². The zero-order chi connectivity index (χ0) is 15.4. The van der Waals surface area contributed by atoms with Crippen molar-refractivity contribution in [2.75, 3.05) is 6.61 Å². The molecule has 0 saturated heterocycles. The summed E-state index contributed by atoms with van der Waals surface area (Å²) in [6, 6.07) is 3.21. The summed E-state index contributed by atoms with van der Waals surface area (Å²) in [5, 5.41) is 8.00. The molecule has 8 heteroatoms. The molecule has 0 amide bonds. The predicted octanol–water partition coefficient (Wildman–Crippen LogP) is 2.27. The molecule has 2 aromatic rings. The maximum absolute atomic E-state index is 12.2. The first-order valence-electron chi connectivity index (χ1n) is 6.17. The highest BCUT2D eigenvalue weighted by atomic mass is 79.9. The Morgan fingerprint density at radius 2 is 2.24 bits per heavy atom. The van der Waals surface area contributed by atoms with Crippen molar-refractivity contribution in [1.82, 2.24) is 19.8 Å². The fraction of sp³-hybridized carbons (Fsp3) is 0.308. The molecule has 0 atom stereocenters. The molecule has 0 N–H and O–H groups in total. The van der Waals surface area contributed by atoms with Gasteiger partial charge in [-0.2, -0.15) is 9.36 Å². The second-order valence-corrected chi connectivity index (χ2v) is 5.38. The first kappa shape index (κ1) is 15.6. The van der Waals surface area contributed by atoms with Gasteiger partial charge in [0.1, 0.15) is 12.4 Å². The lowest BCUT2D eigenvalue weighted by Gasteiger charge is -2.09. The standard InChI is InChI=1S/C13H12BrClN4O2/c1-3-5-18-13(20)19(17-16-18)11-8-12(21-6-4-2)9(14)7-10(11)15/h2,7-8H,3,5-6H2,1H3. The van der Waals surface area contributed by atoms with Crippen LogP contribution in [0.1, 0.15) is 13.3 Å². The van der Waals surface area contributed by atoms with E-state index in [9.17, 15) is 4.79 Å². The lowest BCUT2D eigenvalue weighted by molar-refractivity contribution is 0.368. The fourth-order valence-corrected chi connectivity index (χ4v) is 2.52. The molecule has 1 aromatic heterocycles. The topological polar surface area (TPSA) is 61.9 Å². The molecule has 0 saturated carbocycles. The summed E-state index contributed by atoms with van der Waals surface area (Å²) in [6.07, 6.45) is 5.95. The van der Waals surface area contributed by atoms with Crippen LogP contribution in [0, 0.1) is 12.3 Å². The molecule has 1 heterocycles. The Morgan fingerprint density at radius 1 is 1.48 bits per heavy atom. The summed E-state index contributed by atoms with van der Waals surface area (Å²) in [6.45, 7) is 2.55. The summed E-state index contributed by atoms with van der Waals surface area (Å²) >= 11 is 9.49. The number of terminal acetylenes is 1. The first-order valence-corrected chi connectivity index (χ1v) is 7.34. The van der Waals surface area contributed by atoms with Crippen LogP contribution in [0.3, 0.4) is 0 Å². The molecule has 0 aliphatic heterocycles. The maximum Gasteiger partial charge on any atom is 0.368 e. The minimum Gasteiger partial charge on any atom is -0.480 e. The van der Waals surface area contributed by atoms with Gasteiger partial charge in [0, 0.05) is 12.6 Å². The van der Waals surface area contributed by atoms with E-state index < -0.39 is 0 Å². The van der Waals surface area contributed by atoms with Crippen molar-refractivity contribution in [3.8, 4) is 23.8 Å². The van der Waals surface area contributed by atoms with Crippen LogP contribution in [0.5, 0.6) is 5.75 Å². The van der Waals surface area contributed by atoms with Crippen LogP contribution in [0.25, 0.3) is 5.69 Å². The Bertz CT molecular complexity index is 748. The van der Waals surface area contributed by atoms with E-state index in [1.165, 1.54) is 4.68 Å². The van der Waals surface area contributed by atoms with E-state index in [1.807, 2.05) is 6.92 Å². The molecule has 0 radical (unpaired) electrons. The second-order valence-electron chi connectivity index (χ2n) is 4.12. The van der Waals surface area contributed by atoms with E-state index in [0.29, 0.717) is 27.5 Å². The third kappa shape index (κ3) is 3.28. The monoisotopic (exact) mass is 370 g/mol. The third-order valence-corrected chi connectivity index (χ3v) is 3.54. The van der Waals surface area contributed by atoms with Gasteiger partial charge in [0.2, 0.25) is 0 Å². The Hall–Kier alpha value is -1.78. The van der Waals surface area contributed by atoms with Crippen LogP contribution < -0.4 is 10.4 Å². The molecular weight excluding hydrogens is 360 g/mol. The van der Waals surface area contributed by atoms with Gasteiger partial charge in [-0.1, -0.05) is 24.4 Å². The summed E-state index contributed by atoms with van der Waals surface area (Å²) in [5.41, 5.74) is 0.0308. The highest BCUT2D eigenvalue weighted by Crippen LogP contribution is 2.32. The number of benzene rings is 1. The number of aryl methyl sites for hydroxylation is 1. The molecule has 0 aliphatic rings. The normalized spacial score (nSPS) is 10.4. The highest BCUT2D eigenvalue weighted by Gasteiger charge is 2.15. The molecule has 1 aromatic carbocycles. The first-order chi connectivity index (χ1) is 10.1. The van der Waals surface area contributed by atoms with Gasteiger partial charge in [-0.25, -0.2) is 4.79 Å².